The van der Waals surface area contributed by atoms with Crippen molar-refractivity contribution in [2.24, 2.45) is 0 Å². The van der Waals surface area contributed by atoms with Crippen LogP contribution in [-0.2, 0) is 0 Å². The quantitative estimate of drug-likeness (QED) is 0.494. The minimum atomic E-state index is -0.256. The summed E-state index contributed by atoms with van der Waals surface area (Å²) in [7, 11) is 2.16. The minimum Gasteiger partial charge on any atom is -0.369 e. The Bertz CT molecular complexity index is 1180. The van der Waals surface area contributed by atoms with Gasteiger partial charge in [-0.2, -0.15) is 0 Å². The molecule has 0 N–H and O–H groups in total. The van der Waals surface area contributed by atoms with E-state index in [1.54, 1.807) is 6.07 Å². The second-order valence-corrected chi connectivity index (χ2v) is 7.78. The SMILES string of the molecule is CN1CCN(c2ccc(-c3cnc4cccc(-c5cccc(F)c5)c4n3)cc2)CC1. The maximum atomic E-state index is 13.8. The van der Waals surface area contributed by atoms with Gasteiger partial charge in [-0.25, -0.2) is 9.37 Å². The van der Waals surface area contributed by atoms with Crippen LogP contribution in [-0.4, -0.2) is 48.1 Å². The fourth-order valence-electron chi connectivity index (χ4n) is 3.97. The number of nitrogens with zero attached hydrogens (tertiary/aromatic N) is 4. The van der Waals surface area contributed by atoms with Crippen molar-refractivity contribution in [1.82, 2.24) is 14.9 Å². The van der Waals surface area contributed by atoms with Crippen LogP contribution in [0.15, 0.2) is 72.9 Å². The number of hydrogen-bond acceptors (Lipinski definition) is 4. The minimum absolute atomic E-state index is 0.256. The van der Waals surface area contributed by atoms with Gasteiger partial charge in [-0.15, -0.1) is 0 Å². The standard InChI is InChI=1S/C25H23FN4/c1-29-12-14-30(15-13-29)21-10-8-18(9-11-21)24-17-27-23-7-3-6-22(25(23)28-24)19-4-2-5-20(26)16-19/h2-11,16-17H,12-15H2,1H3. The summed E-state index contributed by atoms with van der Waals surface area (Å²) < 4.78 is 13.8. The van der Waals surface area contributed by atoms with Gasteiger partial charge in [-0.3, -0.25) is 4.98 Å². The average Bonchev–Trinajstić information content (AvgIpc) is 2.79. The maximum Gasteiger partial charge on any atom is 0.123 e. The molecule has 1 saturated heterocycles. The van der Waals surface area contributed by atoms with Crippen molar-refractivity contribution in [1.29, 1.82) is 0 Å². The molecule has 1 aromatic heterocycles. The molecule has 0 amide bonds. The second-order valence-electron chi connectivity index (χ2n) is 7.78. The van der Waals surface area contributed by atoms with Crippen molar-refractivity contribution in [3.63, 3.8) is 0 Å². The van der Waals surface area contributed by atoms with Crippen LogP contribution in [0.3, 0.4) is 0 Å². The third kappa shape index (κ3) is 3.64. The Kier molecular flexibility index (Phi) is 4.89. The van der Waals surface area contributed by atoms with Crippen LogP contribution in [0.2, 0.25) is 0 Å². The molecule has 2 heterocycles. The Morgan fingerprint density at radius 1 is 0.833 bits per heavy atom. The molecule has 150 valence electrons. The molecule has 0 unspecified atom stereocenters. The lowest BCUT2D eigenvalue weighted by Gasteiger charge is -2.34. The van der Waals surface area contributed by atoms with E-state index in [2.05, 4.69) is 46.1 Å². The van der Waals surface area contributed by atoms with Crippen molar-refractivity contribution in [2.45, 2.75) is 0 Å². The highest BCUT2D eigenvalue weighted by Crippen LogP contribution is 2.29. The van der Waals surface area contributed by atoms with Crippen LogP contribution in [0.25, 0.3) is 33.4 Å². The largest absolute Gasteiger partial charge is 0.369 e. The molecule has 4 nitrogen and oxygen atoms in total. The van der Waals surface area contributed by atoms with Crippen molar-refractivity contribution < 1.29 is 4.39 Å². The molecule has 5 heteroatoms. The van der Waals surface area contributed by atoms with Crippen LogP contribution in [0.4, 0.5) is 10.1 Å². The first-order valence-corrected chi connectivity index (χ1v) is 10.2. The Morgan fingerprint density at radius 2 is 1.60 bits per heavy atom. The third-order valence-electron chi connectivity index (χ3n) is 5.74. The number of halogens is 1. The van der Waals surface area contributed by atoms with E-state index in [1.165, 1.54) is 17.8 Å². The number of para-hydroxylation sites is 1. The van der Waals surface area contributed by atoms with Gasteiger partial charge >= 0.3 is 0 Å². The summed E-state index contributed by atoms with van der Waals surface area (Å²) in [4.78, 5) is 14.3. The van der Waals surface area contributed by atoms with E-state index in [1.807, 2.05) is 30.5 Å². The molecule has 1 aliphatic rings. The first-order chi connectivity index (χ1) is 14.7. The zero-order valence-electron chi connectivity index (χ0n) is 16.9. The molecule has 0 atom stereocenters. The predicted octanol–water partition coefficient (Wildman–Crippen LogP) is 4.85. The van der Waals surface area contributed by atoms with Gasteiger partial charge in [0.25, 0.3) is 0 Å². The number of fused-ring (bicyclic) bond motifs is 1. The molecule has 3 aromatic carbocycles. The summed E-state index contributed by atoms with van der Waals surface area (Å²) in [6.07, 6.45) is 1.81. The Balaban J connectivity index is 1.50. The number of anilines is 1. The van der Waals surface area contributed by atoms with Crippen molar-refractivity contribution in [3.05, 3.63) is 78.7 Å². The topological polar surface area (TPSA) is 32.3 Å². The van der Waals surface area contributed by atoms with E-state index in [-0.39, 0.29) is 5.82 Å². The molecule has 5 rings (SSSR count). The number of piperazine rings is 1. The van der Waals surface area contributed by atoms with Crippen molar-refractivity contribution >= 4 is 16.7 Å². The van der Waals surface area contributed by atoms with Crippen molar-refractivity contribution in [3.8, 4) is 22.4 Å². The van der Waals surface area contributed by atoms with Gasteiger partial charge in [0.1, 0.15) is 5.82 Å². The highest BCUT2D eigenvalue weighted by atomic mass is 19.1. The number of benzene rings is 3. The summed E-state index contributed by atoms with van der Waals surface area (Å²) in [5.41, 5.74) is 6.35. The van der Waals surface area contributed by atoms with E-state index in [0.717, 1.165) is 59.6 Å². The van der Waals surface area contributed by atoms with E-state index in [0.29, 0.717) is 0 Å². The molecule has 1 aliphatic heterocycles. The average molecular weight is 398 g/mol. The molecule has 4 aromatic rings. The lowest BCUT2D eigenvalue weighted by molar-refractivity contribution is 0.313. The fourth-order valence-corrected chi connectivity index (χ4v) is 3.97. The second kappa shape index (κ2) is 7.84. The number of aromatic nitrogens is 2. The monoisotopic (exact) mass is 398 g/mol. The summed E-state index contributed by atoms with van der Waals surface area (Å²) >= 11 is 0. The van der Waals surface area contributed by atoms with Gasteiger partial charge in [0.2, 0.25) is 0 Å². The van der Waals surface area contributed by atoms with E-state index in [9.17, 15) is 4.39 Å². The Morgan fingerprint density at radius 3 is 2.37 bits per heavy atom. The fraction of sp³-hybridized carbons (Fsp3) is 0.200. The number of hydrogen-bond donors (Lipinski definition) is 0. The van der Waals surface area contributed by atoms with Gasteiger partial charge < -0.3 is 9.80 Å². The molecule has 30 heavy (non-hydrogen) atoms. The Hall–Kier alpha value is -3.31. The van der Waals surface area contributed by atoms with Crippen molar-refractivity contribution in [2.75, 3.05) is 38.1 Å². The molecular weight excluding hydrogens is 375 g/mol. The van der Waals surface area contributed by atoms with Crippen LogP contribution in [0.1, 0.15) is 0 Å². The normalized spacial score (nSPS) is 14.9. The lowest BCUT2D eigenvalue weighted by atomic mass is 10.0. The highest BCUT2D eigenvalue weighted by Gasteiger charge is 2.14. The lowest BCUT2D eigenvalue weighted by Crippen LogP contribution is -2.44. The first kappa shape index (κ1) is 18.7. The highest BCUT2D eigenvalue weighted by molar-refractivity contribution is 5.92. The van der Waals surface area contributed by atoms with Crippen LogP contribution >= 0.6 is 0 Å². The number of likely N-dealkylation sites (N-methyl/N-ethyl adjacent to an activating group) is 1. The van der Waals surface area contributed by atoms with Gasteiger partial charge in [0, 0.05) is 43.0 Å². The summed E-state index contributed by atoms with van der Waals surface area (Å²) in [5.74, 6) is -0.256. The molecule has 0 bridgehead atoms. The van der Waals surface area contributed by atoms with Crippen LogP contribution < -0.4 is 4.90 Å². The van der Waals surface area contributed by atoms with Crippen LogP contribution in [0, 0.1) is 5.82 Å². The summed E-state index contributed by atoms with van der Waals surface area (Å²) in [6, 6.07) is 21.0. The van der Waals surface area contributed by atoms with E-state index >= 15 is 0 Å². The molecule has 0 aliphatic carbocycles. The zero-order chi connectivity index (χ0) is 20.5. The first-order valence-electron chi connectivity index (χ1n) is 10.2. The van der Waals surface area contributed by atoms with Crippen LogP contribution in [0.5, 0.6) is 0 Å². The van der Waals surface area contributed by atoms with Gasteiger partial charge in [0.15, 0.2) is 0 Å². The molecule has 0 radical (unpaired) electrons. The summed E-state index contributed by atoms with van der Waals surface area (Å²) in [5, 5.41) is 0. The molecule has 1 fully saturated rings. The van der Waals surface area contributed by atoms with E-state index < -0.39 is 0 Å². The maximum absolute atomic E-state index is 13.8. The van der Waals surface area contributed by atoms with E-state index in [4.69, 9.17) is 4.98 Å². The van der Waals surface area contributed by atoms with Gasteiger partial charge in [-0.1, -0.05) is 36.4 Å². The van der Waals surface area contributed by atoms with Gasteiger partial charge in [0.05, 0.1) is 22.9 Å². The Labute approximate surface area is 175 Å². The number of rotatable bonds is 3. The smallest absolute Gasteiger partial charge is 0.123 e. The summed E-state index contributed by atoms with van der Waals surface area (Å²) in [6.45, 7) is 4.26. The molecule has 0 saturated carbocycles. The van der Waals surface area contributed by atoms with Gasteiger partial charge in [-0.05, 0) is 42.9 Å². The molecule has 0 spiro atoms. The zero-order valence-corrected chi connectivity index (χ0v) is 16.9. The predicted molar refractivity (Wildman–Crippen MR) is 120 cm³/mol. The molecular formula is C25H23FN4. The third-order valence-corrected chi connectivity index (χ3v) is 5.74.